The lowest BCUT2D eigenvalue weighted by Gasteiger charge is -2.03. The molecule has 0 aliphatic heterocycles. The number of hydrogen-bond donors (Lipinski definition) is 1. The van der Waals surface area contributed by atoms with Crippen molar-refractivity contribution in [3.8, 4) is 0 Å². The predicted molar refractivity (Wildman–Crippen MR) is 79.3 cm³/mol. The molecule has 0 heterocycles. The average Bonchev–Trinajstić information content (AvgIpc) is 2.38. The van der Waals surface area contributed by atoms with Gasteiger partial charge in [-0.3, -0.25) is 9.59 Å². The van der Waals surface area contributed by atoms with Crippen LogP contribution in [-0.4, -0.2) is 17.0 Å². The summed E-state index contributed by atoms with van der Waals surface area (Å²) in [6.07, 6.45) is 11.3. The molecule has 4 nitrogen and oxygen atoms in total. The van der Waals surface area contributed by atoms with Crippen molar-refractivity contribution in [3.05, 3.63) is 12.3 Å². The summed E-state index contributed by atoms with van der Waals surface area (Å²) in [6, 6.07) is 0. The van der Waals surface area contributed by atoms with Gasteiger partial charge in [0.1, 0.15) is 0 Å². The fourth-order valence-electron chi connectivity index (χ4n) is 1.81. The molecular weight excluding hydrogens is 256 g/mol. The van der Waals surface area contributed by atoms with E-state index in [4.69, 9.17) is 9.84 Å². The first-order valence-electron chi connectivity index (χ1n) is 7.58. The highest BCUT2D eigenvalue weighted by Crippen LogP contribution is 2.11. The van der Waals surface area contributed by atoms with Gasteiger partial charge in [-0.05, 0) is 24.8 Å². The number of hydrogen-bond acceptors (Lipinski definition) is 3. The quantitative estimate of drug-likeness (QED) is 0.330. The van der Waals surface area contributed by atoms with Crippen molar-refractivity contribution in [2.24, 2.45) is 5.92 Å². The van der Waals surface area contributed by atoms with E-state index < -0.39 is 11.9 Å². The molecule has 0 aromatic heterocycles. The lowest BCUT2D eigenvalue weighted by atomic mass is 10.0. The monoisotopic (exact) mass is 284 g/mol. The first-order chi connectivity index (χ1) is 9.52. The largest absolute Gasteiger partial charge is 0.481 e. The number of aliphatic carboxylic acids is 1. The fourth-order valence-corrected chi connectivity index (χ4v) is 1.81. The van der Waals surface area contributed by atoms with Crippen LogP contribution in [0.4, 0.5) is 0 Å². The lowest BCUT2D eigenvalue weighted by Crippen LogP contribution is -2.03. The van der Waals surface area contributed by atoms with Gasteiger partial charge >= 0.3 is 11.9 Å². The van der Waals surface area contributed by atoms with Gasteiger partial charge in [0, 0.05) is 0 Å². The zero-order chi connectivity index (χ0) is 15.2. The first kappa shape index (κ1) is 18.7. The second-order valence-electron chi connectivity index (χ2n) is 5.49. The van der Waals surface area contributed by atoms with E-state index in [1.165, 1.54) is 38.4 Å². The minimum Gasteiger partial charge on any atom is -0.481 e. The van der Waals surface area contributed by atoms with Crippen LogP contribution in [0, 0.1) is 5.92 Å². The summed E-state index contributed by atoms with van der Waals surface area (Å²) < 4.78 is 4.78. The summed E-state index contributed by atoms with van der Waals surface area (Å²) >= 11 is 0. The molecule has 0 bridgehead atoms. The minimum atomic E-state index is -0.983. The summed E-state index contributed by atoms with van der Waals surface area (Å²) in [5, 5.41) is 8.40. The Labute approximate surface area is 122 Å². The van der Waals surface area contributed by atoms with Crippen molar-refractivity contribution in [1.29, 1.82) is 0 Å². The third-order valence-electron chi connectivity index (χ3n) is 2.99. The smallest absolute Gasteiger partial charge is 0.311 e. The maximum absolute atomic E-state index is 11.1. The van der Waals surface area contributed by atoms with E-state index in [1.807, 2.05) is 6.08 Å². The van der Waals surface area contributed by atoms with Crippen LogP contribution in [0.5, 0.6) is 0 Å². The van der Waals surface area contributed by atoms with Crippen LogP contribution in [-0.2, 0) is 14.3 Å². The fraction of sp³-hybridized carbons (Fsp3) is 0.750. The van der Waals surface area contributed by atoms with Gasteiger partial charge in [0.25, 0.3) is 0 Å². The van der Waals surface area contributed by atoms with Crippen molar-refractivity contribution in [1.82, 2.24) is 0 Å². The molecule has 0 atom stereocenters. The number of esters is 1. The van der Waals surface area contributed by atoms with Crippen LogP contribution in [0.2, 0.25) is 0 Å². The Morgan fingerprint density at radius 2 is 1.70 bits per heavy atom. The minimum absolute atomic E-state index is 0.0739. The Hall–Kier alpha value is -1.32. The summed E-state index contributed by atoms with van der Waals surface area (Å²) in [4.78, 5) is 21.3. The molecule has 0 saturated carbocycles. The topological polar surface area (TPSA) is 63.6 Å². The zero-order valence-electron chi connectivity index (χ0n) is 12.8. The van der Waals surface area contributed by atoms with Crippen molar-refractivity contribution >= 4 is 11.9 Å². The lowest BCUT2D eigenvalue weighted by molar-refractivity contribution is -0.144. The normalized spacial score (nSPS) is 11.2. The number of carbonyl (C=O) groups is 2. The second kappa shape index (κ2) is 12.7. The number of carbonyl (C=O) groups excluding carboxylic acids is 1. The van der Waals surface area contributed by atoms with Crippen LogP contribution < -0.4 is 0 Å². The summed E-state index contributed by atoms with van der Waals surface area (Å²) in [6.45, 7) is 4.51. The third kappa shape index (κ3) is 14.7. The van der Waals surface area contributed by atoms with Gasteiger partial charge in [0.15, 0.2) is 0 Å². The van der Waals surface area contributed by atoms with Crippen molar-refractivity contribution in [2.75, 3.05) is 0 Å². The molecule has 4 heteroatoms. The first-order valence-corrected chi connectivity index (χ1v) is 7.58. The number of rotatable bonds is 12. The number of carboxylic acid groups (broad SMARTS) is 1. The molecule has 0 aliphatic rings. The van der Waals surface area contributed by atoms with Gasteiger partial charge in [-0.25, -0.2) is 0 Å². The molecule has 0 saturated heterocycles. The van der Waals surface area contributed by atoms with Gasteiger partial charge in [-0.15, -0.1) is 0 Å². The van der Waals surface area contributed by atoms with E-state index in [2.05, 4.69) is 13.8 Å². The van der Waals surface area contributed by atoms with Crippen LogP contribution in [0.25, 0.3) is 0 Å². The highest BCUT2D eigenvalue weighted by molar-refractivity contribution is 5.76. The highest BCUT2D eigenvalue weighted by Gasteiger charge is 2.04. The van der Waals surface area contributed by atoms with Crippen molar-refractivity contribution in [3.63, 3.8) is 0 Å². The molecule has 0 spiro atoms. The molecule has 0 rings (SSSR count). The maximum Gasteiger partial charge on any atom is 0.311 e. The van der Waals surface area contributed by atoms with E-state index >= 15 is 0 Å². The zero-order valence-corrected chi connectivity index (χ0v) is 12.8. The maximum atomic E-state index is 11.1. The van der Waals surface area contributed by atoms with Crippen molar-refractivity contribution in [2.45, 2.75) is 71.6 Å². The number of ether oxygens (including phenoxy) is 1. The van der Waals surface area contributed by atoms with Gasteiger partial charge < -0.3 is 9.84 Å². The predicted octanol–water partition coefficient (Wildman–Crippen LogP) is 4.29. The Kier molecular flexibility index (Phi) is 11.9. The van der Waals surface area contributed by atoms with E-state index in [1.54, 1.807) is 0 Å². The SMILES string of the molecule is CC(C)CCCCCCCC=COC(=O)CCC(=O)O. The Morgan fingerprint density at radius 1 is 1.05 bits per heavy atom. The molecule has 0 aliphatic carbocycles. The van der Waals surface area contributed by atoms with Crippen molar-refractivity contribution < 1.29 is 19.4 Å². The Bertz CT molecular complexity index is 295. The molecule has 0 aromatic carbocycles. The van der Waals surface area contributed by atoms with Gasteiger partial charge in [0.2, 0.25) is 0 Å². The van der Waals surface area contributed by atoms with Gasteiger partial charge in [-0.2, -0.15) is 0 Å². The molecule has 116 valence electrons. The summed E-state index contributed by atoms with van der Waals surface area (Å²) in [5.41, 5.74) is 0. The van der Waals surface area contributed by atoms with Crippen LogP contribution in [0.3, 0.4) is 0 Å². The van der Waals surface area contributed by atoms with Crippen LogP contribution in [0.15, 0.2) is 12.3 Å². The Balaban J connectivity index is 3.31. The molecule has 20 heavy (non-hydrogen) atoms. The highest BCUT2D eigenvalue weighted by atomic mass is 16.5. The second-order valence-corrected chi connectivity index (χ2v) is 5.49. The third-order valence-corrected chi connectivity index (χ3v) is 2.99. The number of allylic oxidation sites excluding steroid dienone is 1. The molecule has 1 N–H and O–H groups in total. The van der Waals surface area contributed by atoms with E-state index in [0.29, 0.717) is 0 Å². The van der Waals surface area contributed by atoms with E-state index in [0.717, 1.165) is 18.8 Å². The average molecular weight is 284 g/mol. The molecule has 0 fully saturated rings. The number of carboxylic acids is 1. The van der Waals surface area contributed by atoms with Gasteiger partial charge in [-0.1, -0.05) is 46.0 Å². The molecule has 0 radical (unpaired) electrons. The van der Waals surface area contributed by atoms with E-state index in [9.17, 15) is 9.59 Å². The molecule has 0 aromatic rings. The summed E-state index contributed by atoms with van der Waals surface area (Å²) in [7, 11) is 0. The number of unbranched alkanes of at least 4 members (excludes halogenated alkanes) is 5. The molecule has 0 unspecified atom stereocenters. The molecular formula is C16H28O4. The van der Waals surface area contributed by atoms with E-state index in [-0.39, 0.29) is 12.8 Å². The summed E-state index contributed by atoms with van der Waals surface area (Å²) in [5.74, 6) is -0.672. The van der Waals surface area contributed by atoms with Crippen LogP contribution in [0.1, 0.15) is 71.6 Å². The van der Waals surface area contributed by atoms with Crippen LogP contribution >= 0.6 is 0 Å². The Morgan fingerprint density at radius 3 is 2.35 bits per heavy atom. The van der Waals surface area contributed by atoms with Gasteiger partial charge in [0.05, 0.1) is 19.1 Å². The molecule has 0 amide bonds. The standard InChI is InChI=1S/C16H28O4/c1-14(2)10-8-6-4-3-5-7-9-13-20-16(19)12-11-15(17)18/h9,13-14H,3-8,10-12H2,1-2H3,(H,17,18).